The first-order chi connectivity index (χ1) is 14.8. The molecule has 3 aliphatic rings. The monoisotopic (exact) mass is 425 g/mol. The molecule has 1 aromatic carbocycles. The Labute approximate surface area is 183 Å². The lowest BCUT2D eigenvalue weighted by atomic mass is 9.82. The van der Waals surface area contributed by atoms with E-state index >= 15 is 0 Å². The van der Waals surface area contributed by atoms with Crippen LogP contribution in [0.15, 0.2) is 41.5 Å². The number of nitrogens with zero attached hydrogens (tertiary/aromatic N) is 3. The Balaban J connectivity index is 1.48. The average Bonchev–Trinajstić information content (AvgIpc) is 3.03. The Morgan fingerprint density at radius 2 is 1.48 bits per heavy atom. The maximum Gasteiger partial charge on any atom is 0.335 e. The van der Waals surface area contributed by atoms with Crippen LogP contribution in [0.4, 0.5) is 0 Å². The Kier molecular flexibility index (Phi) is 5.88. The first kappa shape index (κ1) is 21.6. The minimum absolute atomic E-state index is 0.0295. The van der Waals surface area contributed by atoms with Gasteiger partial charge in [0, 0.05) is 69.3 Å². The highest BCUT2D eigenvalue weighted by Crippen LogP contribution is 2.42. The molecular formula is C24H31N3O4. The second kappa shape index (κ2) is 8.46. The fraction of sp³-hybridized carbons (Fsp3) is 0.542. The third kappa shape index (κ3) is 3.99. The summed E-state index contributed by atoms with van der Waals surface area (Å²) in [6, 6.07) is 9.63. The third-order valence-electron chi connectivity index (χ3n) is 6.85. The highest BCUT2D eigenvalue weighted by atomic mass is 16.6. The maximum absolute atomic E-state index is 13.5. The molecule has 0 N–H and O–H groups in total. The number of rotatable bonds is 3. The minimum atomic E-state index is -0.916. The molecule has 1 aromatic rings. The summed E-state index contributed by atoms with van der Waals surface area (Å²) in [6.45, 7) is 9.87. The second-order valence-corrected chi connectivity index (χ2v) is 8.96. The summed E-state index contributed by atoms with van der Waals surface area (Å²) in [6.07, 6.45) is 0.892. The van der Waals surface area contributed by atoms with Crippen molar-refractivity contribution >= 4 is 17.8 Å². The molecule has 0 atom stereocenters. The van der Waals surface area contributed by atoms with Crippen LogP contribution < -0.4 is 0 Å². The van der Waals surface area contributed by atoms with E-state index in [1.165, 1.54) is 0 Å². The van der Waals surface area contributed by atoms with Gasteiger partial charge < -0.3 is 14.5 Å². The summed E-state index contributed by atoms with van der Waals surface area (Å²) in [5, 5.41) is 0. The van der Waals surface area contributed by atoms with Crippen LogP contribution in [0.3, 0.4) is 0 Å². The number of carbonyl (C=O) groups is 3. The van der Waals surface area contributed by atoms with Gasteiger partial charge in [-0.25, -0.2) is 4.79 Å². The zero-order valence-corrected chi connectivity index (χ0v) is 18.6. The van der Waals surface area contributed by atoms with E-state index in [0.29, 0.717) is 61.8 Å². The summed E-state index contributed by atoms with van der Waals surface area (Å²) in [5.41, 5.74) is 0.648. The van der Waals surface area contributed by atoms with Crippen LogP contribution >= 0.6 is 0 Å². The summed E-state index contributed by atoms with van der Waals surface area (Å²) >= 11 is 0. The molecule has 7 nitrogen and oxygen atoms in total. The molecular weight excluding hydrogens is 394 g/mol. The van der Waals surface area contributed by atoms with Gasteiger partial charge in [0.25, 0.3) is 11.8 Å². The van der Waals surface area contributed by atoms with Gasteiger partial charge in [0.1, 0.15) is 5.60 Å². The molecule has 2 saturated heterocycles. The van der Waals surface area contributed by atoms with Gasteiger partial charge in [0.2, 0.25) is 0 Å². The van der Waals surface area contributed by atoms with Gasteiger partial charge in [-0.05, 0) is 32.9 Å². The van der Waals surface area contributed by atoms with Gasteiger partial charge in [-0.1, -0.05) is 18.2 Å². The largest absolute Gasteiger partial charge is 0.450 e. The Bertz CT molecular complexity index is 893. The van der Waals surface area contributed by atoms with Crippen molar-refractivity contribution in [3.05, 3.63) is 47.0 Å². The van der Waals surface area contributed by atoms with Gasteiger partial charge in [-0.15, -0.1) is 0 Å². The molecule has 7 heteroatoms. The predicted octanol–water partition coefficient (Wildman–Crippen LogP) is 2.09. The van der Waals surface area contributed by atoms with Gasteiger partial charge >= 0.3 is 5.97 Å². The molecule has 0 bridgehead atoms. The van der Waals surface area contributed by atoms with Crippen LogP contribution in [-0.2, 0) is 14.3 Å². The number of amides is 2. The zero-order chi connectivity index (χ0) is 22.2. The number of carbonyl (C=O) groups excluding carboxylic acids is 3. The highest BCUT2D eigenvalue weighted by Gasteiger charge is 2.52. The van der Waals surface area contributed by atoms with Gasteiger partial charge in [-0.3, -0.25) is 14.5 Å². The molecule has 3 aliphatic heterocycles. The smallest absolute Gasteiger partial charge is 0.335 e. The summed E-state index contributed by atoms with van der Waals surface area (Å²) in [5.74, 6) is -0.528. The lowest BCUT2D eigenvalue weighted by Gasteiger charge is -2.42. The van der Waals surface area contributed by atoms with Gasteiger partial charge in [0.15, 0.2) is 0 Å². The molecule has 4 rings (SSSR count). The molecule has 3 heterocycles. The molecule has 2 amide bonds. The van der Waals surface area contributed by atoms with Crippen molar-refractivity contribution in [3.8, 4) is 0 Å². The third-order valence-corrected chi connectivity index (χ3v) is 6.85. The fourth-order valence-corrected chi connectivity index (χ4v) is 4.89. The highest BCUT2D eigenvalue weighted by molar-refractivity contribution is 6.07. The first-order valence-electron chi connectivity index (χ1n) is 11.1. The van der Waals surface area contributed by atoms with Crippen molar-refractivity contribution in [1.82, 2.24) is 14.7 Å². The number of likely N-dealkylation sites (tertiary alicyclic amines) is 1. The molecule has 0 aliphatic carbocycles. The Morgan fingerprint density at radius 1 is 0.903 bits per heavy atom. The standard InChI is InChI=1S/C24H31N3O4/c1-17(2)25-13-15-27(16-14-25)22(29)20-18(3)23(30)31-24(20)9-11-26(12-10-24)21(28)19-7-5-4-6-8-19/h4-8,17H,9-16H2,1-3H3. The van der Waals surface area contributed by atoms with Crippen LogP contribution in [-0.4, -0.2) is 83.4 Å². The van der Waals surface area contributed by atoms with Crippen molar-refractivity contribution in [3.63, 3.8) is 0 Å². The van der Waals surface area contributed by atoms with Gasteiger partial charge in [-0.2, -0.15) is 0 Å². The van der Waals surface area contributed by atoms with E-state index in [1.54, 1.807) is 24.0 Å². The van der Waals surface area contributed by atoms with Crippen molar-refractivity contribution in [1.29, 1.82) is 0 Å². The molecule has 0 unspecified atom stereocenters. The molecule has 0 saturated carbocycles. The van der Waals surface area contributed by atoms with Crippen molar-refractivity contribution in [2.75, 3.05) is 39.3 Å². The topological polar surface area (TPSA) is 70.2 Å². The fourth-order valence-electron chi connectivity index (χ4n) is 4.89. The number of ether oxygens (including phenoxy) is 1. The van der Waals surface area contributed by atoms with E-state index in [-0.39, 0.29) is 11.8 Å². The van der Waals surface area contributed by atoms with E-state index in [1.807, 2.05) is 23.1 Å². The predicted molar refractivity (Wildman–Crippen MR) is 116 cm³/mol. The maximum atomic E-state index is 13.5. The van der Waals surface area contributed by atoms with Crippen molar-refractivity contribution < 1.29 is 19.1 Å². The van der Waals surface area contributed by atoms with E-state index in [0.717, 1.165) is 13.1 Å². The summed E-state index contributed by atoms with van der Waals surface area (Å²) < 4.78 is 5.81. The molecule has 0 radical (unpaired) electrons. The number of piperazine rings is 1. The van der Waals surface area contributed by atoms with E-state index in [9.17, 15) is 14.4 Å². The SMILES string of the molecule is CC1=C(C(=O)N2CCN(C(C)C)CC2)C2(CCN(C(=O)c3ccccc3)CC2)OC1=O. The van der Waals surface area contributed by atoms with E-state index in [2.05, 4.69) is 18.7 Å². The van der Waals surface area contributed by atoms with Crippen LogP contribution in [0, 0.1) is 0 Å². The number of hydrogen-bond acceptors (Lipinski definition) is 5. The molecule has 1 spiro atoms. The molecule has 166 valence electrons. The van der Waals surface area contributed by atoms with Crippen LogP contribution in [0.1, 0.15) is 44.0 Å². The Morgan fingerprint density at radius 3 is 2.06 bits per heavy atom. The number of benzene rings is 1. The minimum Gasteiger partial charge on any atom is -0.450 e. The normalized spacial score (nSPS) is 21.7. The zero-order valence-electron chi connectivity index (χ0n) is 18.6. The van der Waals surface area contributed by atoms with E-state index < -0.39 is 11.6 Å². The van der Waals surface area contributed by atoms with Crippen molar-refractivity contribution in [2.45, 2.75) is 45.3 Å². The second-order valence-electron chi connectivity index (χ2n) is 8.96. The van der Waals surface area contributed by atoms with Gasteiger partial charge in [0.05, 0.1) is 5.57 Å². The lowest BCUT2D eigenvalue weighted by Crippen LogP contribution is -2.54. The molecule has 2 fully saturated rings. The number of esters is 1. The number of hydrogen-bond donors (Lipinski definition) is 0. The number of piperidine rings is 1. The average molecular weight is 426 g/mol. The van der Waals surface area contributed by atoms with Crippen LogP contribution in [0.25, 0.3) is 0 Å². The van der Waals surface area contributed by atoms with Crippen LogP contribution in [0.5, 0.6) is 0 Å². The molecule has 31 heavy (non-hydrogen) atoms. The summed E-state index contributed by atoms with van der Waals surface area (Å²) in [7, 11) is 0. The first-order valence-corrected chi connectivity index (χ1v) is 11.1. The van der Waals surface area contributed by atoms with E-state index in [4.69, 9.17) is 4.74 Å². The lowest BCUT2D eigenvalue weighted by molar-refractivity contribution is -0.151. The Hall–Kier alpha value is -2.67. The quantitative estimate of drug-likeness (QED) is 0.694. The van der Waals surface area contributed by atoms with Crippen molar-refractivity contribution in [2.24, 2.45) is 0 Å². The van der Waals surface area contributed by atoms with Crippen LogP contribution in [0.2, 0.25) is 0 Å². The molecule has 0 aromatic heterocycles. The summed E-state index contributed by atoms with van der Waals surface area (Å²) in [4.78, 5) is 44.8.